The Bertz CT molecular complexity index is 979. The molecule has 156 valence electrons. The minimum absolute atomic E-state index is 0.00985. The van der Waals surface area contributed by atoms with Crippen LogP contribution in [0.25, 0.3) is 0 Å². The summed E-state index contributed by atoms with van der Waals surface area (Å²) in [4.78, 5) is 50.1. The van der Waals surface area contributed by atoms with Crippen LogP contribution in [0.3, 0.4) is 0 Å². The smallest absolute Gasteiger partial charge is 0.289 e. The van der Waals surface area contributed by atoms with Crippen LogP contribution in [0, 0.1) is 0 Å². The molecular weight excluding hydrogens is 412 g/mol. The Kier molecular flexibility index (Phi) is 5.08. The molecule has 0 saturated carbocycles. The molecule has 3 atom stereocenters. The monoisotopic (exact) mass is 430 g/mol. The lowest BCUT2D eigenvalue weighted by Crippen LogP contribution is -2.27. The first-order valence-electron chi connectivity index (χ1n) is 9.11. The average Bonchev–Trinajstić information content (AvgIpc) is 3.47. The Morgan fingerprint density at radius 3 is 1.80 bits per heavy atom. The van der Waals surface area contributed by atoms with Crippen molar-refractivity contribution in [2.75, 3.05) is 0 Å². The minimum Gasteiger partial charge on any atom is -0.433 e. The van der Waals surface area contributed by atoms with E-state index in [1.807, 2.05) is 0 Å². The largest absolute Gasteiger partial charge is 0.433 e. The van der Waals surface area contributed by atoms with Crippen LogP contribution in [-0.2, 0) is 0 Å². The fraction of sp³-hybridized carbons (Fsp3) is 0.333. The van der Waals surface area contributed by atoms with E-state index in [2.05, 4.69) is 30.9 Å². The highest BCUT2D eigenvalue weighted by molar-refractivity contribution is 7.13. The van der Waals surface area contributed by atoms with Gasteiger partial charge in [-0.05, 0) is 20.8 Å². The lowest BCUT2D eigenvalue weighted by atomic mass is 10.3. The van der Waals surface area contributed by atoms with Crippen LogP contribution in [0.5, 0.6) is 0 Å². The number of rotatable bonds is 0. The van der Waals surface area contributed by atoms with Crippen LogP contribution >= 0.6 is 11.3 Å². The highest BCUT2D eigenvalue weighted by atomic mass is 32.1. The molecule has 0 fully saturated rings. The van der Waals surface area contributed by atoms with Gasteiger partial charge in [0, 0.05) is 0 Å². The van der Waals surface area contributed by atoms with Gasteiger partial charge in [0.05, 0.1) is 24.6 Å². The Morgan fingerprint density at radius 1 is 0.733 bits per heavy atom. The standard InChI is InChI=1S/C18H18N6O5S/c1-7-16-19-5-11(29-16)14(26)24-9(3)18-21-6-12(30-18)15(27)23-8(2)17-20-4-10(28-17)13(25)22-7/h4-9H,1-3H3,(H,22,25)(H,23,27)(H,24,26)/t7-,8-,9-/m0/s1. The van der Waals surface area contributed by atoms with Gasteiger partial charge in [-0.2, -0.15) is 0 Å². The number of amides is 3. The highest BCUT2D eigenvalue weighted by Crippen LogP contribution is 2.23. The minimum atomic E-state index is -0.623. The second kappa shape index (κ2) is 7.71. The number of carbonyl (C=O) groups excluding carboxylic acids is 3. The molecule has 12 heteroatoms. The first kappa shape index (κ1) is 19.8. The number of hydrogen-bond acceptors (Lipinski definition) is 9. The van der Waals surface area contributed by atoms with Gasteiger partial charge in [0.2, 0.25) is 23.3 Å². The summed E-state index contributed by atoms with van der Waals surface area (Å²) in [6.07, 6.45) is 3.99. The van der Waals surface area contributed by atoms with E-state index in [4.69, 9.17) is 8.83 Å². The van der Waals surface area contributed by atoms with Crippen molar-refractivity contribution >= 4 is 29.1 Å². The molecule has 3 aromatic heterocycles. The number of fused-ring (bicyclic) bond motifs is 6. The molecule has 6 bridgehead atoms. The molecule has 0 saturated heterocycles. The third-order valence-corrected chi connectivity index (χ3v) is 5.57. The van der Waals surface area contributed by atoms with E-state index in [-0.39, 0.29) is 29.2 Å². The third kappa shape index (κ3) is 3.81. The normalized spacial score (nSPS) is 22.5. The molecule has 0 radical (unpaired) electrons. The zero-order valence-corrected chi connectivity index (χ0v) is 17.1. The number of nitrogens with one attached hydrogen (secondary N) is 3. The van der Waals surface area contributed by atoms with Crippen molar-refractivity contribution in [2.24, 2.45) is 0 Å². The van der Waals surface area contributed by atoms with Crippen molar-refractivity contribution in [3.05, 3.63) is 51.8 Å². The van der Waals surface area contributed by atoms with Gasteiger partial charge in [-0.25, -0.2) is 15.0 Å². The summed E-state index contributed by atoms with van der Waals surface area (Å²) < 4.78 is 11.0. The van der Waals surface area contributed by atoms with Crippen molar-refractivity contribution in [1.82, 2.24) is 30.9 Å². The van der Waals surface area contributed by atoms with Gasteiger partial charge in [0.15, 0.2) is 0 Å². The molecule has 4 heterocycles. The molecule has 0 spiro atoms. The van der Waals surface area contributed by atoms with E-state index in [1.165, 1.54) is 18.6 Å². The van der Waals surface area contributed by atoms with Gasteiger partial charge in [-0.3, -0.25) is 14.4 Å². The molecule has 3 aromatic rings. The van der Waals surface area contributed by atoms with Crippen LogP contribution in [0.4, 0.5) is 0 Å². The predicted molar refractivity (Wildman–Crippen MR) is 103 cm³/mol. The van der Waals surface area contributed by atoms with Gasteiger partial charge in [-0.1, -0.05) is 0 Å². The van der Waals surface area contributed by atoms with E-state index >= 15 is 0 Å². The molecule has 3 N–H and O–H groups in total. The van der Waals surface area contributed by atoms with Gasteiger partial charge < -0.3 is 24.8 Å². The van der Waals surface area contributed by atoms with E-state index in [0.717, 1.165) is 11.3 Å². The average molecular weight is 430 g/mol. The Hall–Kier alpha value is -3.54. The number of oxazole rings is 2. The third-order valence-electron chi connectivity index (χ3n) is 4.40. The van der Waals surface area contributed by atoms with E-state index in [1.54, 1.807) is 20.8 Å². The maximum atomic E-state index is 12.5. The number of aromatic nitrogens is 3. The fourth-order valence-electron chi connectivity index (χ4n) is 2.77. The number of hydrogen-bond donors (Lipinski definition) is 3. The van der Waals surface area contributed by atoms with E-state index < -0.39 is 29.9 Å². The molecule has 11 nitrogen and oxygen atoms in total. The summed E-state index contributed by atoms with van der Waals surface area (Å²) in [6, 6.07) is -1.66. The molecular formula is C18H18N6O5S. The number of carbonyl (C=O) groups is 3. The molecule has 3 amide bonds. The van der Waals surface area contributed by atoms with Gasteiger partial charge in [0.25, 0.3) is 17.7 Å². The van der Waals surface area contributed by atoms with Crippen LogP contribution in [0.2, 0.25) is 0 Å². The summed E-state index contributed by atoms with van der Waals surface area (Å²) >= 11 is 1.15. The van der Waals surface area contributed by atoms with Crippen molar-refractivity contribution in [3.63, 3.8) is 0 Å². The quantitative estimate of drug-likeness (QED) is 0.489. The molecule has 0 aromatic carbocycles. The Labute approximate surface area is 174 Å². The summed E-state index contributed by atoms with van der Waals surface area (Å²) in [5, 5.41) is 8.73. The molecule has 0 unspecified atom stereocenters. The summed E-state index contributed by atoms with van der Waals surface area (Å²) in [7, 11) is 0. The predicted octanol–water partition coefficient (Wildman–Crippen LogP) is 1.91. The van der Waals surface area contributed by atoms with Gasteiger partial charge >= 0.3 is 0 Å². The molecule has 1 aliphatic heterocycles. The topological polar surface area (TPSA) is 152 Å². The SMILES string of the molecule is C[C@@H]1NC(=O)c2cnc(o2)[C@H](C)NC(=O)c2cnc(s2)[C@H](C)NC(=O)c2cnc1o2. The van der Waals surface area contributed by atoms with E-state index in [9.17, 15) is 14.4 Å². The lowest BCUT2D eigenvalue weighted by molar-refractivity contribution is 0.0899. The van der Waals surface area contributed by atoms with Crippen molar-refractivity contribution < 1.29 is 23.2 Å². The zero-order chi connectivity index (χ0) is 21.4. The van der Waals surface area contributed by atoms with Crippen LogP contribution < -0.4 is 16.0 Å². The van der Waals surface area contributed by atoms with Crippen LogP contribution in [0.15, 0.2) is 27.4 Å². The molecule has 1 aliphatic rings. The van der Waals surface area contributed by atoms with Crippen LogP contribution in [-0.4, -0.2) is 32.7 Å². The first-order valence-corrected chi connectivity index (χ1v) is 9.93. The zero-order valence-electron chi connectivity index (χ0n) is 16.3. The maximum Gasteiger partial charge on any atom is 0.289 e. The van der Waals surface area contributed by atoms with Gasteiger partial charge in [-0.15, -0.1) is 11.3 Å². The number of thiazole rings is 1. The van der Waals surface area contributed by atoms with Crippen LogP contribution in [0.1, 0.15) is 86.5 Å². The molecule has 0 aliphatic carbocycles. The van der Waals surface area contributed by atoms with Crippen molar-refractivity contribution in [2.45, 2.75) is 38.9 Å². The lowest BCUT2D eigenvalue weighted by Gasteiger charge is -2.11. The van der Waals surface area contributed by atoms with E-state index in [0.29, 0.717) is 9.88 Å². The Balaban J connectivity index is 1.68. The molecule has 4 rings (SSSR count). The second-order valence-corrected chi connectivity index (χ2v) is 7.84. The summed E-state index contributed by atoms with van der Waals surface area (Å²) in [5.74, 6) is -1.09. The second-order valence-electron chi connectivity index (χ2n) is 6.77. The number of nitrogens with zero attached hydrogens (tertiary/aromatic N) is 3. The highest BCUT2D eigenvalue weighted by Gasteiger charge is 2.25. The fourth-order valence-corrected chi connectivity index (χ4v) is 3.59. The summed E-state index contributed by atoms with van der Waals surface area (Å²) in [6.45, 7) is 5.09. The maximum absolute atomic E-state index is 12.5. The van der Waals surface area contributed by atoms with Crippen molar-refractivity contribution in [3.8, 4) is 0 Å². The Morgan fingerprint density at radius 2 is 1.23 bits per heavy atom. The van der Waals surface area contributed by atoms with Gasteiger partial charge in [0.1, 0.15) is 22.0 Å². The summed E-state index contributed by atoms with van der Waals surface area (Å²) in [5.41, 5.74) is 0. The first-order chi connectivity index (χ1) is 14.3. The van der Waals surface area contributed by atoms with Crippen molar-refractivity contribution in [1.29, 1.82) is 0 Å². The molecule has 30 heavy (non-hydrogen) atoms.